The number of hydrogen-bond donors (Lipinski definition) is 2. The lowest BCUT2D eigenvalue weighted by molar-refractivity contribution is -0.274. The van der Waals surface area contributed by atoms with Crippen LogP contribution < -0.4 is 15.4 Å². The van der Waals surface area contributed by atoms with Gasteiger partial charge in [-0.1, -0.05) is 32.0 Å². The van der Waals surface area contributed by atoms with Crippen molar-refractivity contribution in [2.75, 3.05) is 43.4 Å². The van der Waals surface area contributed by atoms with E-state index in [2.05, 4.69) is 34.1 Å². The maximum absolute atomic E-state index is 12.8. The van der Waals surface area contributed by atoms with Crippen LogP contribution in [-0.2, 0) is 17.6 Å². The van der Waals surface area contributed by atoms with Crippen LogP contribution in [0.4, 0.5) is 24.5 Å². The lowest BCUT2D eigenvalue weighted by Crippen LogP contribution is -2.39. The van der Waals surface area contributed by atoms with E-state index in [1.807, 2.05) is 23.1 Å². The molecule has 2 aromatic rings. The Labute approximate surface area is 209 Å². The Bertz CT molecular complexity index is 993. The van der Waals surface area contributed by atoms with E-state index in [4.69, 9.17) is 12.2 Å². The molecular weight excluding hydrogens is 477 g/mol. The van der Waals surface area contributed by atoms with Gasteiger partial charge in [0.05, 0.1) is 6.54 Å². The number of anilines is 2. The van der Waals surface area contributed by atoms with E-state index in [-0.39, 0.29) is 11.7 Å². The zero-order valence-corrected chi connectivity index (χ0v) is 20.8. The molecule has 0 aliphatic carbocycles. The highest BCUT2D eigenvalue weighted by Crippen LogP contribution is 2.24. The number of amides is 1. The molecule has 0 bridgehead atoms. The van der Waals surface area contributed by atoms with Gasteiger partial charge in [-0.15, -0.1) is 13.2 Å². The van der Waals surface area contributed by atoms with Crippen molar-refractivity contribution in [2.24, 2.45) is 0 Å². The minimum Gasteiger partial charge on any atom is -0.406 e. The van der Waals surface area contributed by atoms with E-state index >= 15 is 0 Å². The Morgan fingerprint density at radius 1 is 0.971 bits per heavy atom. The van der Waals surface area contributed by atoms with Crippen LogP contribution in [0.25, 0.3) is 0 Å². The predicted octanol–water partition coefficient (Wildman–Crippen LogP) is 5.05. The number of aryl methyl sites for hydroxylation is 2. The molecule has 0 saturated carbocycles. The van der Waals surface area contributed by atoms with Crippen molar-refractivity contribution >= 4 is 34.6 Å². The van der Waals surface area contributed by atoms with E-state index in [0.717, 1.165) is 49.2 Å². The number of nitrogens with one attached hydrogen (secondary N) is 2. The van der Waals surface area contributed by atoms with Crippen molar-refractivity contribution in [1.82, 2.24) is 9.80 Å². The number of carbonyl (C=O) groups excluding carboxylic acids is 1. The maximum atomic E-state index is 12.8. The van der Waals surface area contributed by atoms with Crippen LogP contribution in [0.3, 0.4) is 0 Å². The van der Waals surface area contributed by atoms with Gasteiger partial charge in [0.2, 0.25) is 5.91 Å². The number of benzene rings is 2. The van der Waals surface area contributed by atoms with Crippen LogP contribution >= 0.6 is 12.2 Å². The molecule has 35 heavy (non-hydrogen) atoms. The first-order valence-electron chi connectivity index (χ1n) is 11.7. The summed E-state index contributed by atoms with van der Waals surface area (Å²) in [5.74, 6) is -0.318. The summed E-state index contributed by atoms with van der Waals surface area (Å²) in [4.78, 5) is 16.9. The highest BCUT2D eigenvalue weighted by atomic mass is 32.1. The highest BCUT2D eigenvalue weighted by Gasteiger charge is 2.31. The van der Waals surface area contributed by atoms with Gasteiger partial charge < -0.3 is 20.3 Å². The first-order chi connectivity index (χ1) is 16.7. The second kappa shape index (κ2) is 12.2. The van der Waals surface area contributed by atoms with E-state index in [0.29, 0.717) is 30.4 Å². The van der Waals surface area contributed by atoms with Crippen LogP contribution in [0, 0.1) is 0 Å². The van der Waals surface area contributed by atoms with Crippen molar-refractivity contribution < 1.29 is 22.7 Å². The van der Waals surface area contributed by atoms with Crippen LogP contribution in [0.15, 0.2) is 42.5 Å². The number of hydrogen-bond acceptors (Lipinski definition) is 4. The van der Waals surface area contributed by atoms with Crippen molar-refractivity contribution in [3.8, 4) is 5.75 Å². The van der Waals surface area contributed by atoms with Gasteiger partial charge in [0.1, 0.15) is 5.75 Å². The largest absolute Gasteiger partial charge is 0.573 e. The SMILES string of the molecule is CCc1cccc(CC)c1NC(=O)CN1CCCN(C(=S)Nc2ccc(OC(F)(F)F)cc2)CC1. The fraction of sp³-hybridized carbons (Fsp3) is 0.440. The molecule has 3 rings (SSSR count). The number of halogens is 3. The molecule has 0 spiro atoms. The normalized spacial score (nSPS) is 14.8. The van der Waals surface area contributed by atoms with E-state index in [9.17, 15) is 18.0 Å². The molecule has 2 aromatic carbocycles. The second-order valence-corrected chi connectivity index (χ2v) is 8.71. The zero-order chi connectivity index (χ0) is 25.4. The molecule has 0 aromatic heterocycles. The molecule has 1 aliphatic heterocycles. The van der Waals surface area contributed by atoms with E-state index in [1.54, 1.807) is 0 Å². The topological polar surface area (TPSA) is 56.8 Å². The molecule has 1 aliphatic rings. The van der Waals surface area contributed by atoms with Crippen molar-refractivity contribution in [3.63, 3.8) is 0 Å². The molecule has 190 valence electrons. The summed E-state index contributed by atoms with van der Waals surface area (Å²) in [7, 11) is 0. The third-order valence-electron chi connectivity index (χ3n) is 5.85. The van der Waals surface area contributed by atoms with Gasteiger partial charge in [0, 0.05) is 37.6 Å². The number of nitrogens with zero attached hydrogens (tertiary/aromatic N) is 2. The number of ether oxygens (including phenoxy) is 1. The smallest absolute Gasteiger partial charge is 0.406 e. The van der Waals surface area contributed by atoms with Crippen LogP contribution in [0.2, 0.25) is 0 Å². The molecule has 1 saturated heterocycles. The lowest BCUT2D eigenvalue weighted by atomic mass is 10.0. The Morgan fingerprint density at radius 2 is 1.63 bits per heavy atom. The third-order valence-corrected chi connectivity index (χ3v) is 6.21. The Kier molecular flexibility index (Phi) is 9.33. The molecule has 1 fully saturated rings. The van der Waals surface area contributed by atoms with Crippen molar-refractivity contribution in [3.05, 3.63) is 53.6 Å². The lowest BCUT2D eigenvalue weighted by Gasteiger charge is -2.25. The maximum Gasteiger partial charge on any atom is 0.573 e. The van der Waals surface area contributed by atoms with Gasteiger partial charge in [-0.25, -0.2) is 0 Å². The average molecular weight is 509 g/mol. The van der Waals surface area contributed by atoms with Gasteiger partial charge in [-0.05, 0) is 66.9 Å². The molecule has 0 atom stereocenters. The predicted molar refractivity (Wildman–Crippen MR) is 136 cm³/mol. The van der Waals surface area contributed by atoms with E-state index < -0.39 is 6.36 Å². The monoisotopic (exact) mass is 508 g/mol. The van der Waals surface area contributed by atoms with Gasteiger partial charge in [-0.2, -0.15) is 0 Å². The molecule has 0 radical (unpaired) electrons. The molecule has 1 heterocycles. The van der Waals surface area contributed by atoms with Gasteiger partial charge in [0.15, 0.2) is 5.11 Å². The summed E-state index contributed by atoms with van der Waals surface area (Å²) < 4.78 is 40.9. The average Bonchev–Trinajstić information content (AvgIpc) is 3.05. The van der Waals surface area contributed by atoms with Crippen LogP contribution in [-0.4, -0.2) is 59.9 Å². The third kappa shape index (κ3) is 8.10. The quantitative estimate of drug-likeness (QED) is 0.511. The van der Waals surface area contributed by atoms with E-state index in [1.165, 1.54) is 24.3 Å². The first kappa shape index (κ1) is 26.7. The molecule has 6 nitrogen and oxygen atoms in total. The van der Waals surface area contributed by atoms with Crippen LogP contribution in [0.5, 0.6) is 5.75 Å². The van der Waals surface area contributed by atoms with Gasteiger partial charge >= 0.3 is 6.36 Å². The molecule has 1 amide bonds. The summed E-state index contributed by atoms with van der Waals surface area (Å²) in [6.07, 6.45) is -2.19. The van der Waals surface area contributed by atoms with Gasteiger partial charge in [0.25, 0.3) is 0 Å². The Hall–Kier alpha value is -2.85. The minimum absolute atomic E-state index is 0.0316. The zero-order valence-electron chi connectivity index (χ0n) is 20.0. The van der Waals surface area contributed by atoms with Crippen molar-refractivity contribution in [1.29, 1.82) is 0 Å². The summed E-state index contributed by atoms with van der Waals surface area (Å²) in [5.41, 5.74) is 3.77. The number of rotatable bonds is 7. The summed E-state index contributed by atoms with van der Waals surface area (Å²) in [6.45, 7) is 7.26. The Balaban J connectivity index is 1.51. The number of alkyl halides is 3. The summed E-state index contributed by atoms with van der Waals surface area (Å²) in [5, 5.41) is 6.68. The molecule has 2 N–H and O–H groups in total. The molecular formula is C25H31F3N4O2S. The summed E-state index contributed by atoms with van der Waals surface area (Å²) >= 11 is 5.51. The van der Waals surface area contributed by atoms with Crippen LogP contribution in [0.1, 0.15) is 31.4 Å². The molecule has 10 heteroatoms. The first-order valence-corrected chi connectivity index (χ1v) is 12.1. The number of thiocarbonyl (C=S) groups is 1. The Morgan fingerprint density at radius 3 is 2.23 bits per heavy atom. The number of carbonyl (C=O) groups is 1. The second-order valence-electron chi connectivity index (χ2n) is 8.33. The van der Waals surface area contributed by atoms with Crippen molar-refractivity contribution in [2.45, 2.75) is 39.5 Å². The fourth-order valence-electron chi connectivity index (χ4n) is 4.06. The number of para-hydroxylation sites is 1. The summed E-state index contributed by atoms with van der Waals surface area (Å²) in [6, 6.07) is 11.6. The molecule has 0 unspecified atom stereocenters. The fourth-order valence-corrected chi connectivity index (χ4v) is 4.36. The standard InChI is InChI=1S/C25H31F3N4O2S/c1-3-18-7-5-8-19(4-2)23(18)30-22(33)17-31-13-6-14-32(16-15-31)24(35)29-20-9-11-21(12-10-20)34-25(26,27)28/h5,7-12H,3-4,6,13-17H2,1-2H3,(H,29,35)(H,30,33). The highest BCUT2D eigenvalue weighted by molar-refractivity contribution is 7.80. The minimum atomic E-state index is -4.73. The van der Waals surface area contributed by atoms with Gasteiger partial charge in [-0.3, -0.25) is 9.69 Å².